The fourth-order valence-electron chi connectivity index (χ4n) is 4.11. The average Bonchev–Trinajstić information content (AvgIpc) is 3.58. The van der Waals surface area contributed by atoms with Crippen LogP contribution in [0.2, 0.25) is 5.02 Å². The monoisotopic (exact) mass is 498 g/mol. The molecule has 0 radical (unpaired) electrons. The van der Waals surface area contributed by atoms with Crippen LogP contribution in [0.25, 0.3) is 22.5 Å². The van der Waals surface area contributed by atoms with E-state index in [1.54, 1.807) is 0 Å². The maximum Gasteiger partial charge on any atom is 0.225 e. The smallest absolute Gasteiger partial charge is 0.225 e. The lowest BCUT2D eigenvalue weighted by Crippen LogP contribution is -2.11. The summed E-state index contributed by atoms with van der Waals surface area (Å²) in [4.78, 5) is 0. The topological polar surface area (TPSA) is 97.2 Å². The highest BCUT2D eigenvalue weighted by molar-refractivity contribution is 6.30. The Balaban J connectivity index is 1.37. The number of halogens is 1. The Morgan fingerprint density at radius 1 is 0.861 bits per heavy atom. The molecule has 3 aromatic carbocycles. The minimum atomic E-state index is 0.580. The molecule has 0 saturated heterocycles. The molecule has 0 spiro atoms. The van der Waals surface area contributed by atoms with Gasteiger partial charge in [0, 0.05) is 23.6 Å². The zero-order chi connectivity index (χ0) is 24.7. The number of anilines is 1. The first-order valence-corrected chi connectivity index (χ1v) is 12.4. The molecule has 2 aromatic heterocycles. The Labute approximate surface area is 214 Å². The molecule has 0 saturated carbocycles. The number of aromatic amines is 1. The van der Waals surface area contributed by atoms with Crippen LogP contribution in [-0.4, -0.2) is 35.4 Å². The van der Waals surface area contributed by atoms with E-state index in [1.165, 1.54) is 5.56 Å². The second kappa shape index (κ2) is 11.1. The third-order valence-electron chi connectivity index (χ3n) is 6.06. The molecule has 9 heteroatoms. The van der Waals surface area contributed by atoms with Crippen LogP contribution in [0.5, 0.6) is 0 Å². The van der Waals surface area contributed by atoms with Gasteiger partial charge in [-0.25, -0.2) is 0 Å². The highest BCUT2D eigenvalue weighted by Gasteiger charge is 2.14. The lowest BCUT2D eigenvalue weighted by atomic mass is 9.98. The van der Waals surface area contributed by atoms with Gasteiger partial charge in [0.15, 0.2) is 0 Å². The van der Waals surface area contributed by atoms with Crippen molar-refractivity contribution in [3.63, 3.8) is 0 Å². The number of tetrazole rings is 1. The van der Waals surface area contributed by atoms with Crippen LogP contribution in [0.3, 0.4) is 0 Å². The molecule has 0 aliphatic rings. The molecule has 2 heterocycles. The maximum atomic E-state index is 6.02. The fraction of sp³-hybridized carbons (Fsp3) is 0.222. The molecule has 182 valence electrons. The highest BCUT2D eigenvalue weighted by atomic mass is 35.5. The number of aryl methyl sites for hydroxylation is 1. The van der Waals surface area contributed by atoms with E-state index in [-0.39, 0.29) is 0 Å². The summed E-state index contributed by atoms with van der Waals surface area (Å²) in [5.74, 6) is 2.33. The number of nitrogens with one attached hydrogen (secondary N) is 2. The van der Waals surface area contributed by atoms with Crippen LogP contribution >= 0.6 is 11.6 Å². The van der Waals surface area contributed by atoms with Crippen molar-refractivity contribution in [2.24, 2.45) is 0 Å². The molecule has 2 N–H and O–H groups in total. The van der Waals surface area contributed by atoms with Crippen molar-refractivity contribution in [1.82, 2.24) is 35.4 Å². The number of nitrogens with zero attached hydrogens (tertiary/aromatic N) is 6. The van der Waals surface area contributed by atoms with E-state index >= 15 is 0 Å². The Hall–Kier alpha value is -4.04. The minimum Gasteiger partial charge on any atom is -0.350 e. The lowest BCUT2D eigenvalue weighted by molar-refractivity contribution is 0.679. The molecule has 0 atom stereocenters. The van der Waals surface area contributed by atoms with Crippen LogP contribution in [0.1, 0.15) is 36.7 Å². The molecule has 5 aromatic rings. The van der Waals surface area contributed by atoms with E-state index in [4.69, 9.17) is 11.6 Å². The molecule has 36 heavy (non-hydrogen) atoms. The Morgan fingerprint density at radius 2 is 1.61 bits per heavy atom. The number of aromatic nitrogens is 7. The Morgan fingerprint density at radius 3 is 2.33 bits per heavy atom. The predicted molar refractivity (Wildman–Crippen MR) is 142 cm³/mol. The first-order chi connectivity index (χ1) is 17.7. The van der Waals surface area contributed by atoms with Crippen LogP contribution in [-0.2, 0) is 19.5 Å². The largest absolute Gasteiger partial charge is 0.350 e. The third-order valence-corrected chi connectivity index (χ3v) is 6.32. The number of unbranched alkanes of at least 4 members (excludes halogenated alkanes) is 1. The molecular formula is C27H27ClN8. The molecule has 8 nitrogen and oxygen atoms in total. The molecule has 0 aliphatic heterocycles. The van der Waals surface area contributed by atoms with Gasteiger partial charge in [-0.05, 0) is 46.0 Å². The van der Waals surface area contributed by atoms with E-state index in [9.17, 15) is 0 Å². The summed E-state index contributed by atoms with van der Waals surface area (Å²) in [6.45, 7) is 3.52. The lowest BCUT2D eigenvalue weighted by Gasteiger charge is -2.13. The van der Waals surface area contributed by atoms with E-state index in [0.29, 0.717) is 18.9 Å². The van der Waals surface area contributed by atoms with Crippen molar-refractivity contribution in [2.75, 3.05) is 5.32 Å². The summed E-state index contributed by atoms with van der Waals surface area (Å²) in [6, 6.07) is 24.4. The van der Waals surface area contributed by atoms with Crippen molar-refractivity contribution in [2.45, 2.75) is 39.3 Å². The number of hydrogen-bond acceptors (Lipinski definition) is 6. The van der Waals surface area contributed by atoms with Crippen molar-refractivity contribution in [1.29, 1.82) is 0 Å². The van der Waals surface area contributed by atoms with Crippen LogP contribution in [0, 0.1) is 0 Å². The number of hydrogen-bond donors (Lipinski definition) is 2. The van der Waals surface area contributed by atoms with Crippen LogP contribution in [0.4, 0.5) is 5.95 Å². The van der Waals surface area contributed by atoms with Crippen molar-refractivity contribution >= 4 is 17.5 Å². The van der Waals surface area contributed by atoms with Gasteiger partial charge in [0.05, 0.1) is 6.54 Å². The SMILES string of the molecule is CCCCc1nnc(NCc2ccc(Cl)cc2)n1Cc1ccc(-c2ccccc2-c2nn[nH]n2)cc1. The predicted octanol–water partition coefficient (Wildman–Crippen LogP) is 5.78. The summed E-state index contributed by atoms with van der Waals surface area (Å²) in [5.41, 5.74) is 5.39. The van der Waals surface area contributed by atoms with E-state index < -0.39 is 0 Å². The average molecular weight is 499 g/mol. The van der Waals surface area contributed by atoms with Crippen molar-refractivity contribution < 1.29 is 0 Å². The minimum absolute atomic E-state index is 0.580. The van der Waals surface area contributed by atoms with Crippen LogP contribution < -0.4 is 5.32 Å². The number of rotatable bonds is 10. The van der Waals surface area contributed by atoms with E-state index in [0.717, 1.165) is 58.3 Å². The van der Waals surface area contributed by atoms with E-state index in [1.807, 2.05) is 42.5 Å². The van der Waals surface area contributed by atoms with Gasteiger partial charge < -0.3 is 5.32 Å². The van der Waals surface area contributed by atoms with Gasteiger partial charge in [-0.15, -0.1) is 20.4 Å². The molecule has 0 aliphatic carbocycles. The van der Waals surface area contributed by atoms with Gasteiger partial charge in [-0.2, -0.15) is 5.21 Å². The molecule has 0 unspecified atom stereocenters. The zero-order valence-electron chi connectivity index (χ0n) is 20.0. The molecule has 5 rings (SSSR count). The number of H-pyrrole nitrogens is 1. The second-order valence-corrected chi connectivity index (χ2v) is 9.02. The maximum absolute atomic E-state index is 6.02. The molecule has 0 amide bonds. The number of benzene rings is 3. The quantitative estimate of drug-likeness (QED) is 0.253. The van der Waals surface area contributed by atoms with Crippen molar-refractivity contribution in [3.8, 4) is 22.5 Å². The van der Waals surface area contributed by atoms with Gasteiger partial charge in [0.1, 0.15) is 5.82 Å². The summed E-state index contributed by atoms with van der Waals surface area (Å²) in [7, 11) is 0. The molecule has 0 bridgehead atoms. The second-order valence-electron chi connectivity index (χ2n) is 8.59. The van der Waals surface area contributed by atoms with Crippen molar-refractivity contribution in [3.05, 3.63) is 94.8 Å². The highest BCUT2D eigenvalue weighted by Crippen LogP contribution is 2.30. The van der Waals surface area contributed by atoms with Gasteiger partial charge in [0.25, 0.3) is 0 Å². The van der Waals surface area contributed by atoms with Gasteiger partial charge >= 0.3 is 0 Å². The molecule has 0 fully saturated rings. The van der Waals surface area contributed by atoms with Gasteiger partial charge in [0.2, 0.25) is 11.8 Å². The fourth-order valence-corrected chi connectivity index (χ4v) is 4.24. The summed E-state index contributed by atoms with van der Waals surface area (Å²) in [5, 5.41) is 27.7. The van der Waals surface area contributed by atoms with Crippen LogP contribution in [0.15, 0.2) is 72.8 Å². The first-order valence-electron chi connectivity index (χ1n) is 12.0. The molecular weight excluding hydrogens is 472 g/mol. The first kappa shape index (κ1) is 23.7. The third kappa shape index (κ3) is 5.44. The summed E-state index contributed by atoms with van der Waals surface area (Å²) < 4.78 is 2.17. The zero-order valence-corrected chi connectivity index (χ0v) is 20.8. The Kier molecular flexibility index (Phi) is 7.33. The standard InChI is InChI=1S/C27H27ClN8/c1-2-3-8-25-30-33-27(29-17-19-11-15-22(28)16-12-19)36(25)18-20-9-13-21(14-10-20)23-6-4-5-7-24(23)26-31-34-35-32-26/h4-7,9-16H,2-3,8,17-18H2,1H3,(H,29,33)(H,31,32,34,35). The van der Waals surface area contributed by atoms with Gasteiger partial charge in [-0.3, -0.25) is 4.57 Å². The summed E-state index contributed by atoms with van der Waals surface area (Å²) in [6.07, 6.45) is 3.07. The normalized spacial score (nSPS) is 11.1. The van der Waals surface area contributed by atoms with Gasteiger partial charge in [-0.1, -0.05) is 85.6 Å². The Bertz CT molecular complexity index is 1390. The summed E-state index contributed by atoms with van der Waals surface area (Å²) >= 11 is 6.02. The van der Waals surface area contributed by atoms with E-state index in [2.05, 4.69) is 78.0 Å².